The summed E-state index contributed by atoms with van der Waals surface area (Å²) in [6, 6.07) is 0.464. The summed E-state index contributed by atoms with van der Waals surface area (Å²) in [5, 5.41) is 0. The third-order valence-electron chi connectivity index (χ3n) is 3.34. The second-order valence-electron chi connectivity index (χ2n) is 4.81. The molecule has 1 heteroatoms. The molecular weight excluding hydrogens is 158 g/mol. The smallest absolute Gasteiger partial charge is 0.00416 e. The molecule has 0 heterocycles. The molecule has 0 saturated heterocycles. The topological polar surface area (TPSA) is 26.0 Å². The quantitative estimate of drug-likeness (QED) is 0.665. The fraction of sp³-hybridized carbons (Fsp3) is 0.833. The van der Waals surface area contributed by atoms with Crippen molar-refractivity contribution >= 4 is 0 Å². The van der Waals surface area contributed by atoms with E-state index in [4.69, 9.17) is 5.73 Å². The van der Waals surface area contributed by atoms with Crippen molar-refractivity contribution in [2.24, 2.45) is 17.6 Å². The molecule has 0 spiro atoms. The van der Waals surface area contributed by atoms with Crippen molar-refractivity contribution in [2.45, 2.75) is 52.0 Å². The highest BCUT2D eigenvalue weighted by Crippen LogP contribution is 2.32. The Hall–Kier alpha value is -0.300. The van der Waals surface area contributed by atoms with Gasteiger partial charge in [0.25, 0.3) is 0 Å². The van der Waals surface area contributed by atoms with E-state index in [0.717, 1.165) is 11.8 Å². The molecule has 1 saturated carbocycles. The Morgan fingerprint density at radius 3 is 2.77 bits per heavy atom. The lowest BCUT2D eigenvalue weighted by Crippen LogP contribution is -2.32. The van der Waals surface area contributed by atoms with Gasteiger partial charge in [-0.2, -0.15) is 0 Å². The summed E-state index contributed by atoms with van der Waals surface area (Å²) in [7, 11) is 0. The first-order valence-corrected chi connectivity index (χ1v) is 5.49. The van der Waals surface area contributed by atoms with Crippen LogP contribution in [0.15, 0.2) is 12.2 Å². The van der Waals surface area contributed by atoms with E-state index in [-0.39, 0.29) is 0 Å². The Bertz CT molecular complexity index is 174. The van der Waals surface area contributed by atoms with Gasteiger partial charge in [0.15, 0.2) is 0 Å². The van der Waals surface area contributed by atoms with Crippen LogP contribution in [0.2, 0.25) is 0 Å². The summed E-state index contributed by atoms with van der Waals surface area (Å²) in [6.45, 7) is 8.44. The van der Waals surface area contributed by atoms with Crippen molar-refractivity contribution in [1.29, 1.82) is 0 Å². The summed E-state index contributed by atoms with van der Waals surface area (Å²) >= 11 is 0. The zero-order valence-electron chi connectivity index (χ0n) is 9.05. The molecular formula is C12H23N. The Labute approximate surface area is 82.4 Å². The van der Waals surface area contributed by atoms with Gasteiger partial charge in [-0.15, -0.1) is 6.58 Å². The fourth-order valence-corrected chi connectivity index (χ4v) is 2.29. The lowest BCUT2D eigenvalue weighted by Gasteiger charge is -2.32. The Morgan fingerprint density at radius 2 is 2.15 bits per heavy atom. The predicted molar refractivity (Wildman–Crippen MR) is 58.5 cm³/mol. The van der Waals surface area contributed by atoms with Crippen LogP contribution in [0.4, 0.5) is 0 Å². The molecule has 0 radical (unpaired) electrons. The third kappa shape index (κ3) is 3.51. The molecule has 0 aliphatic heterocycles. The van der Waals surface area contributed by atoms with E-state index in [1.54, 1.807) is 0 Å². The van der Waals surface area contributed by atoms with Crippen molar-refractivity contribution in [3.05, 3.63) is 12.2 Å². The van der Waals surface area contributed by atoms with Crippen molar-refractivity contribution in [3.63, 3.8) is 0 Å². The molecule has 1 nitrogen and oxygen atoms in total. The van der Waals surface area contributed by atoms with E-state index in [2.05, 4.69) is 20.4 Å². The highest BCUT2D eigenvalue weighted by atomic mass is 14.6. The molecule has 0 aromatic rings. The number of hydrogen-bond acceptors (Lipinski definition) is 1. The van der Waals surface area contributed by atoms with Crippen LogP contribution >= 0.6 is 0 Å². The first-order valence-electron chi connectivity index (χ1n) is 5.49. The summed E-state index contributed by atoms with van der Waals surface area (Å²) in [4.78, 5) is 0. The molecule has 3 atom stereocenters. The monoisotopic (exact) mass is 181 g/mol. The minimum Gasteiger partial charge on any atom is -0.328 e. The van der Waals surface area contributed by atoms with Crippen LogP contribution in [0.1, 0.15) is 46.0 Å². The largest absolute Gasteiger partial charge is 0.328 e. The summed E-state index contributed by atoms with van der Waals surface area (Å²) in [5.41, 5.74) is 7.28. The van der Waals surface area contributed by atoms with E-state index >= 15 is 0 Å². The summed E-state index contributed by atoms with van der Waals surface area (Å²) in [5.74, 6) is 1.72. The van der Waals surface area contributed by atoms with Gasteiger partial charge >= 0.3 is 0 Å². The zero-order valence-corrected chi connectivity index (χ0v) is 9.05. The minimum atomic E-state index is 0.464. The van der Waals surface area contributed by atoms with Gasteiger partial charge in [-0.3, -0.25) is 0 Å². The number of hydrogen-bond donors (Lipinski definition) is 1. The molecule has 76 valence electrons. The lowest BCUT2D eigenvalue weighted by atomic mass is 9.76. The maximum absolute atomic E-state index is 5.97. The van der Waals surface area contributed by atoms with Crippen LogP contribution in [0.3, 0.4) is 0 Å². The van der Waals surface area contributed by atoms with Crippen molar-refractivity contribution in [2.75, 3.05) is 0 Å². The number of nitrogens with two attached hydrogens (primary N) is 1. The molecule has 1 aliphatic rings. The Kier molecular flexibility index (Phi) is 3.98. The van der Waals surface area contributed by atoms with Crippen LogP contribution in [0.5, 0.6) is 0 Å². The first-order chi connectivity index (χ1) is 6.09. The number of allylic oxidation sites excluding steroid dienone is 1. The maximum atomic E-state index is 5.97. The van der Waals surface area contributed by atoms with Crippen LogP contribution < -0.4 is 5.73 Å². The highest BCUT2D eigenvalue weighted by Gasteiger charge is 2.24. The molecule has 1 rings (SSSR count). The van der Waals surface area contributed by atoms with Crippen molar-refractivity contribution in [1.82, 2.24) is 0 Å². The van der Waals surface area contributed by atoms with E-state index in [1.807, 2.05) is 0 Å². The zero-order chi connectivity index (χ0) is 9.84. The van der Waals surface area contributed by atoms with E-state index < -0.39 is 0 Å². The number of rotatable bonds is 3. The van der Waals surface area contributed by atoms with Gasteiger partial charge in [0.2, 0.25) is 0 Å². The standard InChI is InChI=1S/C12H23N/c1-9(2)4-6-11-8-12(13)7-5-10(11)3/h10-12H,1,4-8,13H2,2-3H3. The third-order valence-corrected chi connectivity index (χ3v) is 3.34. The minimum absolute atomic E-state index is 0.464. The molecule has 3 unspecified atom stereocenters. The molecule has 13 heavy (non-hydrogen) atoms. The van der Waals surface area contributed by atoms with Gasteiger partial charge in [0.1, 0.15) is 0 Å². The van der Waals surface area contributed by atoms with Gasteiger partial charge in [0, 0.05) is 6.04 Å². The normalized spacial score (nSPS) is 34.5. The molecule has 0 aromatic carbocycles. The second kappa shape index (κ2) is 4.80. The van der Waals surface area contributed by atoms with E-state index in [1.165, 1.54) is 37.7 Å². The van der Waals surface area contributed by atoms with Gasteiger partial charge in [-0.25, -0.2) is 0 Å². The molecule has 1 fully saturated rings. The highest BCUT2D eigenvalue weighted by molar-refractivity contribution is 4.90. The Balaban J connectivity index is 2.33. The predicted octanol–water partition coefficient (Wildman–Crippen LogP) is 3.11. The van der Waals surface area contributed by atoms with Crippen LogP contribution in [-0.2, 0) is 0 Å². The van der Waals surface area contributed by atoms with Gasteiger partial charge in [-0.1, -0.05) is 12.5 Å². The van der Waals surface area contributed by atoms with Crippen molar-refractivity contribution in [3.8, 4) is 0 Å². The van der Waals surface area contributed by atoms with Crippen LogP contribution in [-0.4, -0.2) is 6.04 Å². The average molecular weight is 181 g/mol. The van der Waals surface area contributed by atoms with Crippen LogP contribution in [0, 0.1) is 11.8 Å². The molecule has 0 amide bonds. The van der Waals surface area contributed by atoms with Crippen LogP contribution in [0.25, 0.3) is 0 Å². The first kappa shape index (κ1) is 10.8. The molecule has 2 N–H and O–H groups in total. The van der Waals surface area contributed by atoms with E-state index in [0.29, 0.717) is 6.04 Å². The summed E-state index contributed by atoms with van der Waals surface area (Å²) < 4.78 is 0. The SMILES string of the molecule is C=C(C)CCC1CC(N)CCC1C. The van der Waals surface area contributed by atoms with Gasteiger partial charge in [0.05, 0.1) is 0 Å². The summed E-state index contributed by atoms with van der Waals surface area (Å²) in [6.07, 6.45) is 6.26. The van der Waals surface area contributed by atoms with Gasteiger partial charge in [-0.05, 0) is 50.9 Å². The average Bonchev–Trinajstić information content (AvgIpc) is 2.06. The molecule has 0 bridgehead atoms. The Morgan fingerprint density at radius 1 is 1.46 bits per heavy atom. The van der Waals surface area contributed by atoms with Gasteiger partial charge < -0.3 is 5.73 Å². The molecule has 1 aliphatic carbocycles. The fourth-order valence-electron chi connectivity index (χ4n) is 2.29. The lowest BCUT2D eigenvalue weighted by molar-refractivity contribution is 0.220. The molecule has 0 aromatic heterocycles. The maximum Gasteiger partial charge on any atom is 0.00416 e. The second-order valence-corrected chi connectivity index (χ2v) is 4.81. The van der Waals surface area contributed by atoms with E-state index in [9.17, 15) is 0 Å². The van der Waals surface area contributed by atoms with Crippen molar-refractivity contribution < 1.29 is 0 Å².